The Hall–Kier alpha value is -0.640. The molecule has 0 aliphatic carbocycles. The fourth-order valence-electron chi connectivity index (χ4n) is 1.48. The van der Waals surface area contributed by atoms with Crippen LogP contribution in [0.15, 0.2) is 12.1 Å². The Balaban J connectivity index is 0.00000112. The smallest absolute Gasteiger partial charge is 0.179 e. The molecule has 0 spiro atoms. The minimum atomic E-state index is 0. The third-order valence-electron chi connectivity index (χ3n) is 2.09. The lowest BCUT2D eigenvalue weighted by Crippen LogP contribution is -2.16. The van der Waals surface area contributed by atoms with Gasteiger partial charge in [0.2, 0.25) is 0 Å². The van der Waals surface area contributed by atoms with Gasteiger partial charge in [0.25, 0.3) is 0 Å². The van der Waals surface area contributed by atoms with Gasteiger partial charge in [-0.1, -0.05) is 11.6 Å². The standard InChI is InChI=1S/C10H12ClNO2.ClH/c11-8-5-7(1-2-12)6-9-10(8)14-4-3-13-9;/h5-6H,1-4,12H2;1H. The molecule has 0 unspecified atom stereocenters. The van der Waals surface area contributed by atoms with Crippen molar-refractivity contribution >= 4 is 24.0 Å². The van der Waals surface area contributed by atoms with Crippen LogP contribution in [0.2, 0.25) is 5.02 Å². The molecule has 0 aromatic heterocycles. The van der Waals surface area contributed by atoms with E-state index in [0.29, 0.717) is 30.5 Å². The third-order valence-corrected chi connectivity index (χ3v) is 2.37. The second kappa shape index (κ2) is 5.45. The van der Waals surface area contributed by atoms with E-state index < -0.39 is 0 Å². The van der Waals surface area contributed by atoms with Crippen LogP contribution < -0.4 is 15.2 Å². The number of ether oxygens (including phenoxy) is 2. The van der Waals surface area contributed by atoms with Crippen LogP contribution in [-0.4, -0.2) is 19.8 Å². The van der Waals surface area contributed by atoms with E-state index in [-0.39, 0.29) is 12.4 Å². The van der Waals surface area contributed by atoms with Crippen molar-refractivity contribution in [3.63, 3.8) is 0 Å². The monoisotopic (exact) mass is 249 g/mol. The van der Waals surface area contributed by atoms with Gasteiger partial charge in [-0.25, -0.2) is 0 Å². The maximum Gasteiger partial charge on any atom is 0.179 e. The summed E-state index contributed by atoms with van der Waals surface area (Å²) in [5.74, 6) is 1.38. The molecular formula is C10H13Cl2NO2. The minimum Gasteiger partial charge on any atom is -0.486 e. The van der Waals surface area contributed by atoms with Crippen LogP contribution in [0.25, 0.3) is 0 Å². The van der Waals surface area contributed by atoms with E-state index in [1.807, 2.05) is 12.1 Å². The van der Waals surface area contributed by atoms with Gasteiger partial charge in [0.15, 0.2) is 11.5 Å². The molecule has 0 saturated heterocycles. The predicted octanol–water partition coefficient (Wildman–Crippen LogP) is 2.03. The zero-order chi connectivity index (χ0) is 9.97. The maximum absolute atomic E-state index is 6.04. The molecule has 1 aliphatic rings. The lowest BCUT2D eigenvalue weighted by Gasteiger charge is -2.20. The first-order chi connectivity index (χ1) is 6.81. The second-order valence-corrected chi connectivity index (χ2v) is 3.55. The van der Waals surface area contributed by atoms with Crippen molar-refractivity contribution in [3.8, 4) is 11.5 Å². The SMILES string of the molecule is Cl.NCCc1cc(Cl)c2c(c1)OCCO2. The third kappa shape index (κ3) is 2.68. The van der Waals surface area contributed by atoms with E-state index >= 15 is 0 Å². The van der Waals surface area contributed by atoms with Gasteiger partial charge in [-0.05, 0) is 30.7 Å². The van der Waals surface area contributed by atoms with Crippen LogP contribution in [-0.2, 0) is 6.42 Å². The molecule has 5 heteroatoms. The molecule has 1 aliphatic heterocycles. The average molecular weight is 250 g/mol. The maximum atomic E-state index is 6.04. The molecular weight excluding hydrogens is 237 g/mol. The molecule has 15 heavy (non-hydrogen) atoms. The van der Waals surface area contributed by atoms with Crippen molar-refractivity contribution in [2.75, 3.05) is 19.8 Å². The van der Waals surface area contributed by atoms with Crippen molar-refractivity contribution in [2.45, 2.75) is 6.42 Å². The molecule has 0 fully saturated rings. The number of fused-ring (bicyclic) bond motifs is 1. The van der Waals surface area contributed by atoms with E-state index in [2.05, 4.69) is 0 Å². The Labute approximate surface area is 99.9 Å². The normalized spacial score (nSPS) is 13.2. The summed E-state index contributed by atoms with van der Waals surface area (Å²) in [4.78, 5) is 0. The van der Waals surface area contributed by atoms with Crippen molar-refractivity contribution in [2.24, 2.45) is 5.73 Å². The summed E-state index contributed by atoms with van der Waals surface area (Å²) in [6.45, 7) is 1.74. The average Bonchev–Trinajstić information content (AvgIpc) is 2.18. The van der Waals surface area contributed by atoms with Gasteiger partial charge < -0.3 is 15.2 Å². The van der Waals surface area contributed by atoms with E-state index in [0.717, 1.165) is 17.7 Å². The fourth-order valence-corrected chi connectivity index (χ4v) is 1.76. The van der Waals surface area contributed by atoms with E-state index in [1.54, 1.807) is 0 Å². The molecule has 1 aromatic carbocycles. The van der Waals surface area contributed by atoms with Gasteiger partial charge in [0, 0.05) is 0 Å². The van der Waals surface area contributed by atoms with Crippen LogP contribution in [0.5, 0.6) is 11.5 Å². The highest BCUT2D eigenvalue weighted by atomic mass is 35.5. The van der Waals surface area contributed by atoms with Gasteiger partial charge in [-0.15, -0.1) is 12.4 Å². The molecule has 2 rings (SSSR count). The minimum absolute atomic E-state index is 0. The Kier molecular flexibility index (Phi) is 4.51. The van der Waals surface area contributed by atoms with Gasteiger partial charge >= 0.3 is 0 Å². The first-order valence-electron chi connectivity index (χ1n) is 4.59. The molecule has 0 amide bonds. The summed E-state index contributed by atoms with van der Waals surface area (Å²) < 4.78 is 10.8. The fraction of sp³-hybridized carbons (Fsp3) is 0.400. The number of nitrogens with two attached hydrogens (primary N) is 1. The highest BCUT2D eigenvalue weighted by molar-refractivity contribution is 6.32. The van der Waals surface area contributed by atoms with Crippen LogP contribution in [0.3, 0.4) is 0 Å². The molecule has 0 radical (unpaired) electrons. The first kappa shape index (κ1) is 12.4. The first-order valence-corrected chi connectivity index (χ1v) is 4.97. The lowest BCUT2D eigenvalue weighted by atomic mass is 10.1. The zero-order valence-electron chi connectivity index (χ0n) is 8.16. The number of halogens is 2. The summed E-state index contributed by atoms with van der Waals surface area (Å²) in [5, 5.41) is 0.602. The van der Waals surface area contributed by atoms with Crippen LogP contribution >= 0.6 is 24.0 Å². The van der Waals surface area contributed by atoms with Crippen molar-refractivity contribution in [1.82, 2.24) is 0 Å². The number of hydrogen-bond acceptors (Lipinski definition) is 3. The molecule has 1 heterocycles. The van der Waals surface area contributed by atoms with Crippen molar-refractivity contribution < 1.29 is 9.47 Å². The molecule has 0 saturated carbocycles. The lowest BCUT2D eigenvalue weighted by molar-refractivity contribution is 0.171. The van der Waals surface area contributed by atoms with Crippen LogP contribution in [0.4, 0.5) is 0 Å². The molecule has 0 atom stereocenters. The topological polar surface area (TPSA) is 44.5 Å². The quantitative estimate of drug-likeness (QED) is 0.873. The highest BCUT2D eigenvalue weighted by Crippen LogP contribution is 2.38. The van der Waals surface area contributed by atoms with E-state index in [1.165, 1.54) is 0 Å². The summed E-state index contributed by atoms with van der Waals surface area (Å²) in [6.07, 6.45) is 0.802. The molecule has 1 aromatic rings. The zero-order valence-corrected chi connectivity index (χ0v) is 9.74. The molecule has 3 nitrogen and oxygen atoms in total. The Morgan fingerprint density at radius 1 is 1.27 bits per heavy atom. The summed E-state index contributed by atoms with van der Waals surface area (Å²) >= 11 is 6.04. The van der Waals surface area contributed by atoms with Gasteiger partial charge in [0.1, 0.15) is 13.2 Å². The van der Waals surface area contributed by atoms with Gasteiger partial charge in [0.05, 0.1) is 5.02 Å². The largest absolute Gasteiger partial charge is 0.486 e. The van der Waals surface area contributed by atoms with Crippen LogP contribution in [0.1, 0.15) is 5.56 Å². The van der Waals surface area contributed by atoms with Gasteiger partial charge in [-0.3, -0.25) is 0 Å². The number of rotatable bonds is 2. The molecule has 0 bridgehead atoms. The molecule has 84 valence electrons. The summed E-state index contributed by atoms with van der Waals surface area (Å²) in [5.41, 5.74) is 6.56. The Morgan fingerprint density at radius 2 is 2.00 bits per heavy atom. The number of benzene rings is 1. The Morgan fingerprint density at radius 3 is 2.73 bits per heavy atom. The predicted molar refractivity (Wildman–Crippen MR) is 62.4 cm³/mol. The summed E-state index contributed by atoms with van der Waals surface area (Å²) in [6, 6.07) is 3.81. The van der Waals surface area contributed by atoms with E-state index in [4.69, 9.17) is 26.8 Å². The van der Waals surface area contributed by atoms with Crippen molar-refractivity contribution in [3.05, 3.63) is 22.7 Å². The van der Waals surface area contributed by atoms with Gasteiger partial charge in [-0.2, -0.15) is 0 Å². The molecule has 2 N–H and O–H groups in total. The van der Waals surface area contributed by atoms with E-state index in [9.17, 15) is 0 Å². The van der Waals surface area contributed by atoms with Crippen molar-refractivity contribution in [1.29, 1.82) is 0 Å². The Bertz CT molecular complexity index is 344. The van der Waals surface area contributed by atoms with Crippen LogP contribution in [0, 0.1) is 0 Å². The second-order valence-electron chi connectivity index (χ2n) is 3.14. The summed E-state index contributed by atoms with van der Waals surface area (Å²) in [7, 11) is 0. The number of hydrogen-bond donors (Lipinski definition) is 1. The highest BCUT2D eigenvalue weighted by Gasteiger charge is 2.16.